The normalized spacial score (nSPS) is 12.5. The Labute approximate surface area is 235 Å². The van der Waals surface area contributed by atoms with Crippen molar-refractivity contribution in [1.82, 2.24) is 10.6 Å². The second-order valence-corrected chi connectivity index (χ2v) is 9.19. The number of carbonyl (C=O) groups is 2. The van der Waals surface area contributed by atoms with Crippen molar-refractivity contribution < 1.29 is 38.0 Å². The van der Waals surface area contributed by atoms with Gasteiger partial charge in [0.05, 0.1) is 13.2 Å². The van der Waals surface area contributed by atoms with Crippen LogP contribution in [0.3, 0.4) is 0 Å². The second kappa shape index (κ2) is 16.4. The van der Waals surface area contributed by atoms with Crippen LogP contribution < -0.4 is 20.1 Å². The molecular formula is C30H40N2O8. The summed E-state index contributed by atoms with van der Waals surface area (Å²) in [5, 5.41) is 8.72. The molecule has 2 atom stereocenters. The third-order valence-corrected chi connectivity index (χ3v) is 5.95. The van der Waals surface area contributed by atoms with Crippen LogP contribution in [0.5, 0.6) is 11.5 Å². The highest BCUT2D eigenvalue weighted by Gasteiger charge is 2.21. The maximum absolute atomic E-state index is 12.2. The summed E-state index contributed by atoms with van der Waals surface area (Å²) in [5.74, 6) is 1.28. The summed E-state index contributed by atoms with van der Waals surface area (Å²) in [4.78, 5) is 24.3. The average Bonchev–Trinajstić information content (AvgIpc) is 2.96. The average molecular weight is 557 g/mol. The van der Waals surface area contributed by atoms with Gasteiger partial charge in [0.1, 0.15) is 24.7 Å². The molecule has 0 aliphatic carbocycles. The predicted octanol–water partition coefficient (Wildman–Crippen LogP) is 5.05. The zero-order valence-electron chi connectivity index (χ0n) is 23.7. The van der Waals surface area contributed by atoms with Crippen molar-refractivity contribution in [2.75, 3.05) is 53.7 Å². The van der Waals surface area contributed by atoms with Gasteiger partial charge in [-0.3, -0.25) is 0 Å². The fraction of sp³-hybridized carbons (Fsp3) is 0.467. The lowest BCUT2D eigenvalue weighted by molar-refractivity contribution is 0.0139. The van der Waals surface area contributed by atoms with Gasteiger partial charge in [0, 0.05) is 48.9 Å². The van der Waals surface area contributed by atoms with Crippen LogP contribution in [0.4, 0.5) is 9.59 Å². The van der Waals surface area contributed by atoms with Crippen molar-refractivity contribution >= 4 is 33.7 Å². The van der Waals surface area contributed by atoms with E-state index in [2.05, 4.69) is 10.6 Å². The lowest BCUT2D eigenvalue weighted by Gasteiger charge is -2.22. The molecule has 0 fully saturated rings. The first kappa shape index (κ1) is 30.8. The van der Waals surface area contributed by atoms with Gasteiger partial charge in [-0.05, 0) is 12.8 Å². The molecule has 0 aliphatic rings. The third-order valence-electron chi connectivity index (χ3n) is 5.95. The van der Waals surface area contributed by atoms with Gasteiger partial charge in [0.2, 0.25) is 0 Å². The van der Waals surface area contributed by atoms with E-state index in [9.17, 15) is 9.59 Å². The highest BCUT2D eigenvalue weighted by Crippen LogP contribution is 2.42. The van der Waals surface area contributed by atoms with Crippen molar-refractivity contribution in [1.29, 1.82) is 0 Å². The minimum atomic E-state index is -0.610. The number of methoxy groups -OCH3 is 2. The fourth-order valence-electron chi connectivity index (χ4n) is 4.16. The maximum Gasteiger partial charge on any atom is 0.407 e. The van der Waals surface area contributed by atoms with Crippen LogP contribution in [0.2, 0.25) is 0 Å². The molecule has 3 rings (SSSR count). The Kier molecular flexibility index (Phi) is 12.6. The highest BCUT2D eigenvalue weighted by molar-refractivity contribution is 6.11. The standard InChI is InChI=1S/C30H40N2O8/c1-5-15-31-29(33)39-21(17-35-3)19-37-27-23-11-7-9-13-25(23)28(26-14-10-8-12-24(26)27)38-20-22(18-36-4)40-30(34)32-16-6-2/h7-14,21-22H,5-6,15-20H2,1-4H3,(H,31,33)(H,32,34). The number of hydrogen-bond donors (Lipinski definition) is 2. The number of nitrogens with one attached hydrogen (secondary N) is 2. The summed E-state index contributed by atoms with van der Waals surface area (Å²) in [6.45, 7) is 5.54. The predicted molar refractivity (Wildman–Crippen MR) is 153 cm³/mol. The zero-order valence-corrected chi connectivity index (χ0v) is 23.7. The molecule has 10 nitrogen and oxygen atoms in total. The molecule has 0 spiro atoms. The van der Waals surface area contributed by atoms with E-state index in [1.165, 1.54) is 0 Å². The molecule has 0 aliphatic heterocycles. The molecule has 2 unspecified atom stereocenters. The Morgan fingerprint density at radius 2 is 0.975 bits per heavy atom. The summed E-state index contributed by atoms with van der Waals surface area (Å²) in [5.41, 5.74) is 0. The topological polar surface area (TPSA) is 114 Å². The summed E-state index contributed by atoms with van der Waals surface area (Å²) in [6.07, 6.45) is -0.638. The molecule has 40 heavy (non-hydrogen) atoms. The molecule has 0 aromatic heterocycles. The number of alkyl carbamates (subject to hydrolysis) is 2. The molecule has 3 aromatic carbocycles. The minimum absolute atomic E-state index is 0.0954. The SMILES string of the molecule is CCCNC(=O)OC(COC)COc1c2ccccc2c(OCC(COC)OC(=O)NCCC)c2ccccc12. The fourth-order valence-corrected chi connectivity index (χ4v) is 4.16. The third kappa shape index (κ3) is 8.62. The van der Waals surface area contributed by atoms with E-state index in [4.69, 9.17) is 28.4 Å². The number of fused-ring (bicyclic) bond motifs is 2. The van der Waals surface area contributed by atoms with E-state index in [-0.39, 0.29) is 26.4 Å². The first-order valence-corrected chi connectivity index (χ1v) is 13.6. The van der Waals surface area contributed by atoms with Crippen LogP contribution in [-0.2, 0) is 18.9 Å². The van der Waals surface area contributed by atoms with Crippen molar-refractivity contribution in [3.63, 3.8) is 0 Å². The van der Waals surface area contributed by atoms with Crippen LogP contribution in [0, 0.1) is 0 Å². The summed E-state index contributed by atoms with van der Waals surface area (Å²) >= 11 is 0. The van der Waals surface area contributed by atoms with Crippen LogP contribution in [0.15, 0.2) is 48.5 Å². The van der Waals surface area contributed by atoms with Gasteiger partial charge in [0.15, 0.2) is 12.2 Å². The van der Waals surface area contributed by atoms with Gasteiger partial charge >= 0.3 is 12.2 Å². The molecule has 2 amide bonds. The number of rotatable bonds is 16. The molecule has 10 heteroatoms. The minimum Gasteiger partial charge on any atom is -0.488 e. The van der Waals surface area contributed by atoms with Gasteiger partial charge in [-0.25, -0.2) is 9.59 Å². The van der Waals surface area contributed by atoms with Crippen molar-refractivity contribution in [3.8, 4) is 11.5 Å². The van der Waals surface area contributed by atoms with Gasteiger partial charge in [0.25, 0.3) is 0 Å². The number of benzene rings is 3. The Bertz CT molecular complexity index is 1080. The monoisotopic (exact) mass is 556 g/mol. The van der Waals surface area contributed by atoms with E-state index >= 15 is 0 Å². The van der Waals surface area contributed by atoms with Crippen molar-refractivity contribution in [2.24, 2.45) is 0 Å². The number of hydrogen-bond acceptors (Lipinski definition) is 8. The molecule has 218 valence electrons. The Morgan fingerprint density at radius 1 is 0.625 bits per heavy atom. The van der Waals surface area contributed by atoms with Gasteiger partial charge < -0.3 is 39.1 Å². The van der Waals surface area contributed by atoms with Crippen molar-refractivity contribution in [3.05, 3.63) is 48.5 Å². The molecule has 0 saturated carbocycles. The van der Waals surface area contributed by atoms with E-state index in [1.54, 1.807) is 14.2 Å². The molecule has 0 heterocycles. The summed E-state index contributed by atoms with van der Waals surface area (Å²) in [7, 11) is 3.09. The van der Waals surface area contributed by atoms with Crippen molar-refractivity contribution in [2.45, 2.75) is 38.9 Å². The van der Waals surface area contributed by atoms with E-state index in [1.807, 2.05) is 62.4 Å². The second-order valence-electron chi connectivity index (χ2n) is 9.19. The first-order valence-electron chi connectivity index (χ1n) is 13.6. The lowest BCUT2D eigenvalue weighted by Crippen LogP contribution is -2.35. The summed E-state index contributed by atoms with van der Waals surface area (Å²) < 4.78 is 34.2. The van der Waals surface area contributed by atoms with Crippen LogP contribution in [0.25, 0.3) is 21.5 Å². The molecule has 0 bridgehead atoms. The Hall–Kier alpha value is -3.76. The van der Waals surface area contributed by atoms with Gasteiger partial charge in [-0.15, -0.1) is 0 Å². The molecule has 0 radical (unpaired) electrons. The molecule has 3 aromatic rings. The number of amides is 2. The molecule has 2 N–H and O–H groups in total. The quantitative estimate of drug-likeness (QED) is 0.236. The van der Waals surface area contributed by atoms with Crippen LogP contribution in [-0.4, -0.2) is 78.1 Å². The van der Waals surface area contributed by atoms with E-state index in [0.29, 0.717) is 24.6 Å². The maximum atomic E-state index is 12.2. The molecular weight excluding hydrogens is 516 g/mol. The van der Waals surface area contributed by atoms with E-state index < -0.39 is 24.4 Å². The smallest absolute Gasteiger partial charge is 0.407 e. The summed E-state index contributed by atoms with van der Waals surface area (Å²) in [6, 6.07) is 15.5. The zero-order chi connectivity index (χ0) is 28.7. The Morgan fingerprint density at radius 3 is 1.27 bits per heavy atom. The van der Waals surface area contributed by atoms with E-state index in [0.717, 1.165) is 34.4 Å². The Balaban J connectivity index is 1.89. The van der Waals surface area contributed by atoms with Crippen LogP contribution in [0.1, 0.15) is 26.7 Å². The highest BCUT2D eigenvalue weighted by atomic mass is 16.6. The lowest BCUT2D eigenvalue weighted by atomic mass is 10.0. The number of carbonyl (C=O) groups excluding carboxylic acids is 2. The van der Waals surface area contributed by atoms with Gasteiger partial charge in [-0.2, -0.15) is 0 Å². The largest absolute Gasteiger partial charge is 0.488 e. The van der Waals surface area contributed by atoms with Gasteiger partial charge in [-0.1, -0.05) is 62.4 Å². The first-order chi connectivity index (χ1) is 19.5. The number of ether oxygens (including phenoxy) is 6. The molecule has 0 saturated heterocycles. The van der Waals surface area contributed by atoms with Crippen LogP contribution >= 0.6 is 0 Å².